The van der Waals surface area contributed by atoms with Crippen LogP contribution in [0.4, 0.5) is 10.5 Å². The number of urea groups is 1. The van der Waals surface area contributed by atoms with Crippen LogP contribution in [0.3, 0.4) is 0 Å². The average molecular weight is 354 g/mol. The van der Waals surface area contributed by atoms with Gasteiger partial charge in [-0.2, -0.15) is 0 Å². The molecule has 26 heavy (non-hydrogen) atoms. The van der Waals surface area contributed by atoms with Crippen LogP contribution in [-0.4, -0.2) is 30.9 Å². The number of nitrogens with one attached hydrogen (secondary N) is 2. The first-order valence-corrected chi connectivity index (χ1v) is 8.54. The largest absolute Gasteiger partial charge is 0.352 e. The number of amides is 3. The van der Waals surface area contributed by atoms with E-state index < -0.39 is 0 Å². The summed E-state index contributed by atoms with van der Waals surface area (Å²) in [6.45, 7) is 2.19. The van der Waals surface area contributed by atoms with Gasteiger partial charge < -0.3 is 21.3 Å². The zero-order chi connectivity index (χ0) is 19.1. The molecular formula is C20H26N4O2. The van der Waals surface area contributed by atoms with Crippen LogP contribution in [0.1, 0.15) is 24.1 Å². The van der Waals surface area contributed by atoms with Crippen LogP contribution in [0.25, 0.3) is 0 Å². The van der Waals surface area contributed by atoms with Gasteiger partial charge in [-0.1, -0.05) is 49.4 Å². The number of nitrogens with two attached hydrogens (primary N) is 1. The summed E-state index contributed by atoms with van der Waals surface area (Å²) < 4.78 is 0. The van der Waals surface area contributed by atoms with E-state index in [-0.39, 0.29) is 23.9 Å². The Hall–Kier alpha value is -2.86. The molecule has 0 saturated heterocycles. The van der Waals surface area contributed by atoms with Gasteiger partial charge in [-0.25, -0.2) is 4.79 Å². The summed E-state index contributed by atoms with van der Waals surface area (Å²) in [4.78, 5) is 25.6. The molecule has 0 aliphatic heterocycles. The first-order chi connectivity index (χ1) is 12.4. The quantitative estimate of drug-likeness (QED) is 0.745. The van der Waals surface area contributed by atoms with Crippen LogP contribution in [0.15, 0.2) is 54.6 Å². The second-order valence-electron chi connectivity index (χ2n) is 6.47. The standard InChI is InChI=1S/C20H26N4O2/c1-14(18(21)16-9-5-4-6-10-16)19(25)22-13-15-8-7-11-17(12-15)23-20(26)24(2)3/h4-12,14,18H,13,21H2,1-3H3,(H,22,25)(H,23,26). The number of hydrogen-bond acceptors (Lipinski definition) is 3. The Morgan fingerprint density at radius 2 is 1.77 bits per heavy atom. The molecule has 2 rings (SSSR count). The van der Waals surface area contributed by atoms with E-state index in [1.165, 1.54) is 4.90 Å². The number of rotatable bonds is 6. The minimum Gasteiger partial charge on any atom is -0.352 e. The fourth-order valence-corrected chi connectivity index (χ4v) is 2.47. The number of nitrogens with zero attached hydrogens (tertiary/aromatic N) is 1. The van der Waals surface area contributed by atoms with Crippen LogP contribution in [0.2, 0.25) is 0 Å². The Kier molecular flexibility index (Phi) is 6.74. The molecule has 2 aromatic carbocycles. The van der Waals surface area contributed by atoms with Crippen molar-refractivity contribution < 1.29 is 9.59 Å². The van der Waals surface area contributed by atoms with Gasteiger partial charge in [0.1, 0.15) is 0 Å². The molecule has 6 nitrogen and oxygen atoms in total. The average Bonchev–Trinajstić information content (AvgIpc) is 2.65. The summed E-state index contributed by atoms with van der Waals surface area (Å²) in [6.07, 6.45) is 0. The van der Waals surface area contributed by atoms with Gasteiger partial charge in [0, 0.05) is 32.4 Å². The van der Waals surface area contributed by atoms with Crippen LogP contribution in [0, 0.1) is 5.92 Å². The molecule has 138 valence electrons. The van der Waals surface area contributed by atoms with Crippen LogP contribution in [-0.2, 0) is 11.3 Å². The second kappa shape index (κ2) is 9.01. The van der Waals surface area contributed by atoms with E-state index in [4.69, 9.17) is 5.73 Å². The van der Waals surface area contributed by atoms with E-state index >= 15 is 0 Å². The normalized spacial score (nSPS) is 12.8. The van der Waals surface area contributed by atoms with Gasteiger partial charge in [0.05, 0.1) is 5.92 Å². The van der Waals surface area contributed by atoms with Crippen LogP contribution < -0.4 is 16.4 Å². The van der Waals surface area contributed by atoms with Gasteiger partial charge in [0.25, 0.3) is 0 Å². The number of carbonyl (C=O) groups is 2. The molecule has 0 heterocycles. The highest BCUT2D eigenvalue weighted by Crippen LogP contribution is 2.19. The number of benzene rings is 2. The van der Waals surface area contributed by atoms with Gasteiger partial charge in [-0.05, 0) is 23.3 Å². The fraction of sp³-hybridized carbons (Fsp3) is 0.300. The monoisotopic (exact) mass is 354 g/mol. The maximum Gasteiger partial charge on any atom is 0.321 e. The van der Waals surface area contributed by atoms with E-state index in [0.29, 0.717) is 12.2 Å². The molecule has 0 spiro atoms. The topological polar surface area (TPSA) is 87.5 Å². The Morgan fingerprint density at radius 3 is 2.42 bits per heavy atom. The summed E-state index contributed by atoms with van der Waals surface area (Å²) in [5.74, 6) is -0.460. The Labute approximate surface area is 154 Å². The number of hydrogen-bond donors (Lipinski definition) is 3. The minimum absolute atomic E-state index is 0.107. The molecule has 0 aromatic heterocycles. The summed E-state index contributed by atoms with van der Waals surface area (Å²) >= 11 is 0. The highest BCUT2D eigenvalue weighted by Gasteiger charge is 2.21. The highest BCUT2D eigenvalue weighted by molar-refractivity contribution is 5.89. The third-order valence-electron chi connectivity index (χ3n) is 4.19. The minimum atomic E-state index is -0.359. The van der Waals surface area contributed by atoms with Crippen molar-refractivity contribution in [2.24, 2.45) is 11.7 Å². The lowest BCUT2D eigenvalue weighted by Gasteiger charge is -2.20. The van der Waals surface area contributed by atoms with E-state index in [1.807, 2.05) is 55.5 Å². The molecule has 2 atom stereocenters. The smallest absolute Gasteiger partial charge is 0.321 e. The third kappa shape index (κ3) is 5.32. The summed E-state index contributed by atoms with van der Waals surface area (Å²) in [7, 11) is 3.35. The summed E-state index contributed by atoms with van der Waals surface area (Å²) in [6, 6.07) is 16.4. The lowest BCUT2D eigenvalue weighted by atomic mass is 9.94. The molecule has 0 radical (unpaired) electrons. The molecule has 0 aliphatic rings. The number of carbonyl (C=O) groups excluding carboxylic acids is 2. The molecule has 0 bridgehead atoms. The van der Waals surface area contributed by atoms with Gasteiger partial charge in [0.2, 0.25) is 5.91 Å². The van der Waals surface area contributed by atoms with Crippen molar-refractivity contribution in [3.05, 3.63) is 65.7 Å². The number of anilines is 1. The van der Waals surface area contributed by atoms with Gasteiger partial charge in [0.15, 0.2) is 0 Å². The lowest BCUT2D eigenvalue weighted by Crippen LogP contribution is -2.35. The lowest BCUT2D eigenvalue weighted by molar-refractivity contribution is -0.125. The van der Waals surface area contributed by atoms with Crippen molar-refractivity contribution in [1.82, 2.24) is 10.2 Å². The summed E-state index contributed by atoms with van der Waals surface area (Å²) in [5.41, 5.74) is 8.72. The van der Waals surface area contributed by atoms with Crippen LogP contribution in [0.5, 0.6) is 0 Å². The maximum atomic E-state index is 12.4. The van der Waals surface area contributed by atoms with Crippen molar-refractivity contribution >= 4 is 17.6 Å². The molecule has 0 fully saturated rings. The molecule has 2 aromatic rings. The highest BCUT2D eigenvalue weighted by atomic mass is 16.2. The molecular weight excluding hydrogens is 328 g/mol. The van der Waals surface area contributed by atoms with Crippen molar-refractivity contribution in [3.63, 3.8) is 0 Å². The van der Waals surface area contributed by atoms with Gasteiger partial charge >= 0.3 is 6.03 Å². The zero-order valence-corrected chi connectivity index (χ0v) is 15.4. The Morgan fingerprint density at radius 1 is 1.08 bits per heavy atom. The molecule has 4 N–H and O–H groups in total. The van der Waals surface area contributed by atoms with E-state index in [0.717, 1.165) is 11.1 Å². The third-order valence-corrected chi connectivity index (χ3v) is 4.19. The van der Waals surface area contributed by atoms with E-state index in [1.54, 1.807) is 20.2 Å². The zero-order valence-electron chi connectivity index (χ0n) is 15.4. The van der Waals surface area contributed by atoms with Gasteiger partial charge in [-0.3, -0.25) is 4.79 Å². The molecule has 6 heteroatoms. The first kappa shape index (κ1) is 19.5. The molecule has 0 saturated carbocycles. The van der Waals surface area contributed by atoms with Crippen molar-refractivity contribution in [2.45, 2.75) is 19.5 Å². The molecule has 3 amide bonds. The first-order valence-electron chi connectivity index (χ1n) is 8.54. The van der Waals surface area contributed by atoms with Crippen molar-refractivity contribution in [1.29, 1.82) is 0 Å². The summed E-state index contributed by atoms with van der Waals surface area (Å²) in [5, 5.41) is 5.70. The van der Waals surface area contributed by atoms with E-state index in [2.05, 4.69) is 10.6 Å². The predicted octanol–water partition coefficient (Wildman–Crippen LogP) is 2.73. The molecule has 2 unspecified atom stereocenters. The van der Waals surface area contributed by atoms with Gasteiger partial charge in [-0.15, -0.1) is 0 Å². The predicted molar refractivity (Wildman–Crippen MR) is 104 cm³/mol. The SMILES string of the molecule is CC(C(=O)NCc1cccc(NC(=O)N(C)C)c1)C(N)c1ccccc1. The van der Waals surface area contributed by atoms with Crippen molar-refractivity contribution in [2.75, 3.05) is 19.4 Å². The molecule has 0 aliphatic carbocycles. The van der Waals surface area contributed by atoms with Crippen LogP contribution >= 0.6 is 0 Å². The van der Waals surface area contributed by atoms with E-state index in [9.17, 15) is 9.59 Å². The maximum absolute atomic E-state index is 12.4. The Bertz CT molecular complexity index is 746. The van der Waals surface area contributed by atoms with Crippen molar-refractivity contribution in [3.8, 4) is 0 Å². The second-order valence-corrected chi connectivity index (χ2v) is 6.47. The Balaban J connectivity index is 1.93. The fourth-order valence-electron chi connectivity index (χ4n) is 2.47.